The minimum absolute atomic E-state index is 0.759. The van der Waals surface area contributed by atoms with Crippen LogP contribution in [0.5, 0.6) is 0 Å². The molecule has 0 bridgehead atoms. The Labute approximate surface area is 110 Å². The number of carboxylic acid groups (broad SMARTS) is 1. The molecule has 0 fully saturated rings. The maximum atomic E-state index is 11.4. The summed E-state index contributed by atoms with van der Waals surface area (Å²) < 4.78 is 1.82. The maximum absolute atomic E-state index is 11.4. The maximum Gasteiger partial charge on any atom is 0.330 e. The van der Waals surface area contributed by atoms with Crippen LogP contribution in [0, 0.1) is 0 Å². The third kappa shape index (κ3) is 1.63. The number of hydrogen-bond donors (Lipinski definition) is 1. The van der Waals surface area contributed by atoms with Gasteiger partial charge in [-0.05, 0) is 12.1 Å². The van der Waals surface area contributed by atoms with Crippen LogP contribution in [0.3, 0.4) is 0 Å². The van der Waals surface area contributed by atoms with Crippen molar-refractivity contribution < 1.29 is 9.90 Å². The number of aromatic nitrogens is 1. The van der Waals surface area contributed by atoms with Crippen LogP contribution in [-0.2, 0) is 4.79 Å². The first kappa shape index (κ1) is 11.5. The summed E-state index contributed by atoms with van der Waals surface area (Å²) >= 11 is 0. The Hall–Kier alpha value is -2.55. The van der Waals surface area contributed by atoms with Crippen LogP contribution in [-0.4, -0.2) is 15.6 Å². The number of benzene rings is 2. The molecule has 0 saturated carbocycles. The Morgan fingerprint density at radius 2 is 1.53 bits per heavy atom. The van der Waals surface area contributed by atoms with Crippen LogP contribution in [0.1, 0.15) is 6.04 Å². The van der Waals surface area contributed by atoms with Crippen molar-refractivity contribution in [3.05, 3.63) is 61.2 Å². The highest BCUT2D eigenvalue weighted by Crippen LogP contribution is 2.31. The predicted octanol–water partition coefficient (Wildman–Crippen LogP) is 3.61. The Morgan fingerprint density at radius 3 is 1.95 bits per heavy atom. The molecule has 1 atom stereocenters. The average Bonchev–Trinajstić information content (AvgIpc) is 2.75. The molecule has 94 valence electrons. The lowest BCUT2D eigenvalue weighted by Crippen LogP contribution is -2.16. The molecule has 0 radical (unpaired) electrons. The molecule has 3 aromatic rings. The smallest absolute Gasteiger partial charge is 0.330 e. The van der Waals surface area contributed by atoms with E-state index in [1.165, 1.54) is 6.08 Å². The van der Waals surface area contributed by atoms with E-state index < -0.39 is 12.0 Å². The van der Waals surface area contributed by atoms with Crippen LogP contribution in [0.4, 0.5) is 0 Å². The van der Waals surface area contributed by atoms with Crippen molar-refractivity contribution in [2.75, 3.05) is 0 Å². The molecule has 1 aromatic heterocycles. The van der Waals surface area contributed by atoms with Gasteiger partial charge in [0.25, 0.3) is 0 Å². The molecule has 19 heavy (non-hydrogen) atoms. The summed E-state index contributed by atoms with van der Waals surface area (Å²) in [4.78, 5) is 11.4. The molecular weight excluding hydrogens is 238 g/mol. The molecule has 3 nitrogen and oxygen atoms in total. The Bertz CT molecular complexity index is 732. The molecule has 1 heterocycles. The van der Waals surface area contributed by atoms with Gasteiger partial charge >= 0.3 is 5.97 Å². The second-order valence-electron chi connectivity index (χ2n) is 4.42. The summed E-state index contributed by atoms with van der Waals surface area (Å²) in [5.41, 5.74) is 1.83. The van der Waals surface area contributed by atoms with Gasteiger partial charge in [-0.25, -0.2) is 4.79 Å². The molecule has 1 N–H and O–H groups in total. The number of carbonyl (C=O) groups is 1. The van der Waals surface area contributed by atoms with Gasteiger partial charge < -0.3 is 9.67 Å². The third-order valence-corrected chi connectivity index (χ3v) is 3.37. The third-order valence-electron chi connectivity index (χ3n) is 3.37. The monoisotopic (exact) mass is 251 g/mol. The van der Waals surface area contributed by atoms with E-state index in [4.69, 9.17) is 0 Å². The van der Waals surface area contributed by atoms with Crippen molar-refractivity contribution >= 4 is 27.8 Å². The Morgan fingerprint density at radius 1 is 1.05 bits per heavy atom. The lowest BCUT2D eigenvalue weighted by molar-refractivity contribution is -0.139. The van der Waals surface area contributed by atoms with Crippen LogP contribution in [0.25, 0.3) is 21.8 Å². The summed E-state index contributed by atoms with van der Waals surface area (Å²) in [6, 6.07) is 14.9. The van der Waals surface area contributed by atoms with E-state index in [2.05, 4.69) is 6.58 Å². The number of carboxylic acids is 1. The first-order chi connectivity index (χ1) is 9.24. The normalized spacial score (nSPS) is 12.6. The van der Waals surface area contributed by atoms with E-state index >= 15 is 0 Å². The van der Waals surface area contributed by atoms with Gasteiger partial charge in [0.1, 0.15) is 6.04 Å². The number of fused-ring (bicyclic) bond motifs is 3. The van der Waals surface area contributed by atoms with E-state index in [0.29, 0.717) is 0 Å². The van der Waals surface area contributed by atoms with Gasteiger partial charge in [0.15, 0.2) is 0 Å². The van der Waals surface area contributed by atoms with Gasteiger partial charge in [0.2, 0.25) is 0 Å². The molecule has 0 aliphatic carbocycles. The lowest BCUT2D eigenvalue weighted by atomic mass is 10.2. The number of hydrogen-bond acceptors (Lipinski definition) is 1. The van der Waals surface area contributed by atoms with Crippen molar-refractivity contribution in [1.82, 2.24) is 4.57 Å². The number of nitrogens with zero attached hydrogens (tertiary/aromatic N) is 1. The minimum atomic E-state index is -0.901. The van der Waals surface area contributed by atoms with Gasteiger partial charge in [-0.2, -0.15) is 0 Å². The van der Waals surface area contributed by atoms with Crippen molar-refractivity contribution in [2.24, 2.45) is 0 Å². The summed E-state index contributed by atoms with van der Waals surface area (Å²) in [5.74, 6) is -0.901. The topological polar surface area (TPSA) is 42.2 Å². The van der Waals surface area contributed by atoms with Gasteiger partial charge in [-0.15, -0.1) is 6.58 Å². The van der Waals surface area contributed by atoms with Crippen molar-refractivity contribution in [3.8, 4) is 0 Å². The van der Waals surface area contributed by atoms with Crippen molar-refractivity contribution in [2.45, 2.75) is 6.04 Å². The molecule has 0 saturated heterocycles. The standard InChI is InChI=1S/C16H13NO2/c1-2-13(16(18)19)17-14-9-5-3-7-11(14)12-8-4-6-10-15(12)17/h2-10,13H,1H2,(H,18,19). The number of aliphatic carboxylic acids is 1. The van der Waals surface area contributed by atoms with Crippen molar-refractivity contribution in [1.29, 1.82) is 0 Å². The molecule has 1 unspecified atom stereocenters. The fourth-order valence-electron chi connectivity index (χ4n) is 2.57. The Kier molecular flexibility index (Phi) is 2.60. The molecule has 0 aliphatic heterocycles. The summed E-state index contributed by atoms with van der Waals surface area (Å²) in [6.07, 6.45) is 1.46. The minimum Gasteiger partial charge on any atom is -0.479 e. The first-order valence-corrected chi connectivity index (χ1v) is 6.07. The quantitative estimate of drug-likeness (QED) is 0.722. The summed E-state index contributed by atoms with van der Waals surface area (Å²) in [7, 11) is 0. The second-order valence-corrected chi connectivity index (χ2v) is 4.42. The van der Waals surface area contributed by atoms with E-state index in [-0.39, 0.29) is 0 Å². The molecule has 3 rings (SSSR count). The lowest BCUT2D eigenvalue weighted by Gasteiger charge is -2.12. The van der Waals surface area contributed by atoms with Crippen LogP contribution in [0.15, 0.2) is 61.2 Å². The van der Waals surface area contributed by atoms with Crippen LogP contribution >= 0.6 is 0 Å². The fourth-order valence-corrected chi connectivity index (χ4v) is 2.57. The van der Waals surface area contributed by atoms with Gasteiger partial charge in [0, 0.05) is 10.8 Å². The van der Waals surface area contributed by atoms with Gasteiger partial charge in [0.05, 0.1) is 11.0 Å². The second kappa shape index (κ2) is 4.28. The first-order valence-electron chi connectivity index (χ1n) is 6.07. The van der Waals surface area contributed by atoms with Gasteiger partial charge in [-0.1, -0.05) is 42.5 Å². The van der Waals surface area contributed by atoms with E-state index in [1.54, 1.807) is 0 Å². The highest BCUT2D eigenvalue weighted by atomic mass is 16.4. The fraction of sp³-hybridized carbons (Fsp3) is 0.0625. The Balaban J connectivity index is 2.49. The largest absolute Gasteiger partial charge is 0.479 e. The molecular formula is C16H13NO2. The molecule has 2 aromatic carbocycles. The SMILES string of the molecule is C=CC(C(=O)O)n1c2ccccc2c2ccccc21. The van der Waals surface area contributed by atoms with Crippen molar-refractivity contribution in [3.63, 3.8) is 0 Å². The van der Waals surface area contributed by atoms with E-state index in [9.17, 15) is 9.90 Å². The van der Waals surface area contributed by atoms with Crippen LogP contribution < -0.4 is 0 Å². The zero-order chi connectivity index (χ0) is 13.4. The van der Waals surface area contributed by atoms with Crippen LogP contribution in [0.2, 0.25) is 0 Å². The average molecular weight is 251 g/mol. The highest BCUT2D eigenvalue weighted by Gasteiger charge is 2.20. The van der Waals surface area contributed by atoms with Gasteiger partial charge in [-0.3, -0.25) is 0 Å². The molecule has 0 amide bonds. The predicted molar refractivity (Wildman–Crippen MR) is 76.3 cm³/mol. The van der Waals surface area contributed by atoms with E-state index in [0.717, 1.165) is 21.8 Å². The zero-order valence-electron chi connectivity index (χ0n) is 10.3. The molecule has 3 heteroatoms. The van der Waals surface area contributed by atoms with E-state index in [1.807, 2.05) is 53.1 Å². The summed E-state index contributed by atoms with van der Waals surface area (Å²) in [6.45, 7) is 3.65. The molecule has 0 spiro atoms. The highest BCUT2D eigenvalue weighted by molar-refractivity contribution is 6.08. The summed E-state index contributed by atoms with van der Waals surface area (Å²) in [5, 5.41) is 11.5. The molecule has 0 aliphatic rings. The zero-order valence-corrected chi connectivity index (χ0v) is 10.3. The number of para-hydroxylation sites is 2. The number of rotatable bonds is 3.